The van der Waals surface area contributed by atoms with E-state index in [2.05, 4.69) is 42.5 Å². The smallest absolute Gasteiger partial charge is 0.00719 e. The number of hydrogen-bond acceptors (Lipinski definition) is 1. The van der Waals surface area contributed by atoms with E-state index < -0.39 is 0 Å². The molecule has 1 aromatic carbocycles. The van der Waals surface area contributed by atoms with Crippen molar-refractivity contribution in [3.63, 3.8) is 0 Å². The summed E-state index contributed by atoms with van der Waals surface area (Å²) in [6.07, 6.45) is 9.43. The Labute approximate surface area is 107 Å². The number of thioether (sulfide) groups is 1. The summed E-state index contributed by atoms with van der Waals surface area (Å²) >= 11 is 2.04. The monoisotopic (exact) mass is 242 g/mol. The van der Waals surface area contributed by atoms with Crippen LogP contribution >= 0.6 is 11.8 Å². The molecule has 0 N–H and O–H groups in total. The van der Waals surface area contributed by atoms with Crippen LogP contribution in [0.25, 0.3) is 0 Å². The number of benzene rings is 1. The highest BCUT2D eigenvalue weighted by Gasteiger charge is 2.66. The zero-order chi connectivity index (χ0) is 11.3. The van der Waals surface area contributed by atoms with Crippen LogP contribution in [0.2, 0.25) is 0 Å². The minimum absolute atomic E-state index is 0.751. The van der Waals surface area contributed by atoms with E-state index in [0.717, 1.165) is 23.2 Å². The normalized spacial score (nSPS) is 40.6. The van der Waals surface area contributed by atoms with Crippen molar-refractivity contribution >= 4 is 11.8 Å². The zero-order valence-corrected chi connectivity index (χ0v) is 10.8. The standard InChI is InChI=1S/C16H18S/c1-2-4-14(5-3-1)17-9-8-16-11-15(16)12-6-7-13(16)10-12/h1-7,12-13,15H,8-11H2. The van der Waals surface area contributed by atoms with E-state index in [1.54, 1.807) is 0 Å². The summed E-state index contributed by atoms with van der Waals surface area (Å²) in [5.41, 5.74) is 0.751. The molecular weight excluding hydrogens is 224 g/mol. The van der Waals surface area contributed by atoms with Crippen molar-refractivity contribution in [2.75, 3.05) is 5.75 Å². The number of hydrogen-bond donors (Lipinski definition) is 0. The van der Waals surface area contributed by atoms with Crippen molar-refractivity contribution in [2.45, 2.75) is 24.2 Å². The molecule has 0 nitrogen and oxygen atoms in total. The Morgan fingerprint density at radius 3 is 2.82 bits per heavy atom. The van der Waals surface area contributed by atoms with Crippen molar-refractivity contribution in [2.24, 2.45) is 23.2 Å². The largest absolute Gasteiger partial charge is 0.126 e. The fraction of sp³-hybridized carbons (Fsp3) is 0.500. The molecule has 2 bridgehead atoms. The molecule has 88 valence electrons. The van der Waals surface area contributed by atoms with E-state index in [9.17, 15) is 0 Å². The van der Waals surface area contributed by atoms with Gasteiger partial charge in [0.15, 0.2) is 0 Å². The van der Waals surface area contributed by atoms with Gasteiger partial charge in [-0.25, -0.2) is 0 Å². The number of rotatable bonds is 4. The molecule has 4 rings (SSSR count). The van der Waals surface area contributed by atoms with Gasteiger partial charge in [0.2, 0.25) is 0 Å². The van der Waals surface area contributed by atoms with Gasteiger partial charge in [0.1, 0.15) is 0 Å². The highest BCUT2D eigenvalue weighted by atomic mass is 32.2. The Morgan fingerprint density at radius 2 is 2.06 bits per heavy atom. The van der Waals surface area contributed by atoms with Crippen LogP contribution in [0.4, 0.5) is 0 Å². The Balaban J connectivity index is 1.37. The van der Waals surface area contributed by atoms with Crippen LogP contribution < -0.4 is 0 Å². The third-order valence-corrected chi connectivity index (χ3v) is 6.14. The molecule has 4 atom stereocenters. The van der Waals surface area contributed by atoms with E-state index >= 15 is 0 Å². The van der Waals surface area contributed by atoms with Gasteiger partial charge in [0.25, 0.3) is 0 Å². The van der Waals surface area contributed by atoms with Crippen LogP contribution in [-0.2, 0) is 0 Å². The lowest BCUT2D eigenvalue weighted by atomic mass is 9.88. The molecule has 4 unspecified atom stereocenters. The maximum atomic E-state index is 2.52. The molecule has 0 heterocycles. The maximum Gasteiger partial charge on any atom is 0.00719 e. The van der Waals surface area contributed by atoms with E-state index in [1.165, 1.54) is 29.9 Å². The third-order valence-electron chi connectivity index (χ3n) is 5.13. The molecule has 1 aromatic rings. The second kappa shape index (κ2) is 3.65. The van der Waals surface area contributed by atoms with Crippen molar-refractivity contribution in [1.82, 2.24) is 0 Å². The van der Waals surface area contributed by atoms with Crippen LogP contribution in [-0.4, -0.2) is 5.75 Å². The maximum absolute atomic E-state index is 2.52. The van der Waals surface area contributed by atoms with Crippen LogP contribution in [0.15, 0.2) is 47.4 Å². The Bertz CT molecular complexity index is 450. The van der Waals surface area contributed by atoms with Crippen LogP contribution in [0.3, 0.4) is 0 Å². The molecule has 17 heavy (non-hydrogen) atoms. The molecule has 2 fully saturated rings. The summed E-state index contributed by atoms with van der Waals surface area (Å²) in [6.45, 7) is 0. The number of fused-ring (bicyclic) bond motifs is 5. The zero-order valence-electron chi connectivity index (χ0n) is 10.0. The minimum atomic E-state index is 0.751. The predicted molar refractivity (Wildman–Crippen MR) is 73.1 cm³/mol. The molecule has 0 radical (unpaired) electrons. The van der Waals surface area contributed by atoms with Crippen molar-refractivity contribution in [1.29, 1.82) is 0 Å². The first-order chi connectivity index (χ1) is 8.38. The van der Waals surface area contributed by atoms with Crippen LogP contribution in [0.1, 0.15) is 19.3 Å². The average Bonchev–Trinajstić information content (AvgIpc) is 2.82. The predicted octanol–water partition coefficient (Wildman–Crippen LogP) is 4.38. The Hall–Kier alpha value is -0.690. The second-order valence-electron chi connectivity index (χ2n) is 5.85. The average molecular weight is 242 g/mol. The minimum Gasteiger partial charge on any atom is -0.126 e. The van der Waals surface area contributed by atoms with E-state index in [-0.39, 0.29) is 0 Å². The fourth-order valence-corrected chi connectivity index (χ4v) is 5.22. The van der Waals surface area contributed by atoms with Gasteiger partial charge in [-0.15, -0.1) is 11.8 Å². The summed E-state index contributed by atoms with van der Waals surface area (Å²) in [5, 5.41) is 0. The highest BCUT2D eigenvalue weighted by molar-refractivity contribution is 7.99. The van der Waals surface area contributed by atoms with E-state index in [4.69, 9.17) is 0 Å². The van der Waals surface area contributed by atoms with E-state index in [1.807, 2.05) is 11.8 Å². The first-order valence-corrected chi connectivity index (χ1v) is 7.73. The molecule has 0 spiro atoms. The first-order valence-electron chi connectivity index (χ1n) is 6.75. The van der Waals surface area contributed by atoms with Crippen molar-refractivity contribution < 1.29 is 0 Å². The van der Waals surface area contributed by atoms with Gasteiger partial charge in [0, 0.05) is 4.90 Å². The summed E-state index contributed by atoms with van der Waals surface area (Å²) in [5.74, 6) is 4.27. The van der Waals surface area contributed by atoms with Gasteiger partial charge in [-0.1, -0.05) is 30.4 Å². The lowest BCUT2D eigenvalue weighted by Gasteiger charge is -2.19. The second-order valence-corrected chi connectivity index (χ2v) is 7.01. The van der Waals surface area contributed by atoms with Gasteiger partial charge >= 0.3 is 0 Å². The molecule has 3 aliphatic carbocycles. The number of allylic oxidation sites excluding steroid dienone is 2. The molecule has 0 aliphatic heterocycles. The highest BCUT2D eigenvalue weighted by Crippen LogP contribution is 2.73. The summed E-state index contributed by atoms with van der Waals surface area (Å²) < 4.78 is 0. The molecular formula is C16H18S. The molecule has 0 aromatic heterocycles. The topological polar surface area (TPSA) is 0 Å². The van der Waals surface area contributed by atoms with E-state index in [0.29, 0.717) is 0 Å². The fourth-order valence-electron chi connectivity index (χ4n) is 4.15. The SMILES string of the molecule is C1=CC2CC1C1CC21CCSc1ccccc1. The van der Waals surface area contributed by atoms with Gasteiger partial charge in [-0.3, -0.25) is 0 Å². The van der Waals surface area contributed by atoms with Crippen LogP contribution in [0.5, 0.6) is 0 Å². The molecule has 1 heteroatoms. The lowest BCUT2D eigenvalue weighted by molar-refractivity contribution is 0.383. The molecule has 3 aliphatic rings. The first kappa shape index (κ1) is 10.3. The Kier molecular flexibility index (Phi) is 2.20. The van der Waals surface area contributed by atoms with Crippen molar-refractivity contribution in [3.05, 3.63) is 42.5 Å². The van der Waals surface area contributed by atoms with Gasteiger partial charge in [-0.05, 0) is 60.3 Å². The summed E-state index contributed by atoms with van der Waals surface area (Å²) in [7, 11) is 0. The quantitative estimate of drug-likeness (QED) is 0.557. The van der Waals surface area contributed by atoms with Gasteiger partial charge in [-0.2, -0.15) is 0 Å². The summed E-state index contributed by atoms with van der Waals surface area (Å²) in [4.78, 5) is 1.43. The third kappa shape index (κ3) is 1.52. The summed E-state index contributed by atoms with van der Waals surface area (Å²) in [6, 6.07) is 10.8. The van der Waals surface area contributed by atoms with Gasteiger partial charge in [0.05, 0.1) is 0 Å². The molecule has 0 amide bonds. The van der Waals surface area contributed by atoms with Gasteiger partial charge < -0.3 is 0 Å². The Morgan fingerprint density at radius 1 is 1.18 bits per heavy atom. The van der Waals surface area contributed by atoms with Crippen molar-refractivity contribution in [3.8, 4) is 0 Å². The molecule has 0 saturated heterocycles. The molecule has 2 saturated carbocycles. The lowest BCUT2D eigenvalue weighted by Crippen LogP contribution is -2.12. The van der Waals surface area contributed by atoms with Crippen LogP contribution in [0, 0.1) is 23.2 Å².